The molecule has 3 fully saturated rings. The summed E-state index contributed by atoms with van der Waals surface area (Å²) in [5, 5.41) is 24.6. The summed E-state index contributed by atoms with van der Waals surface area (Å²) >= 11 is 0. The lowest BCUT2D eigenvalue weighted by Gasteiger charge is -2.43. The maximum Gasteiger partial charge on any atom is 0.313 e. The topological polar surface area (TPSA) is 86.8 Å². The first-order valence-electron chi connectivity index (χ1n) is 10.2. The molecule has 144 valence electrons. The Balaban J connectivity index is 1.43. The summed E-state index contributed by atoms with van der Waals surface area (Å²) in [5.41, 5.74) is 0.0188. The number of carbonyl (C=O) groups is 1. The van der Waals surface area contributed by atoms with E-state index in [9.17, 15) is 15.0 Å². The molecule has 2 saturated carbocycles. The van der Waals surface area contributed by atoms with Gasteiger partial charge in [0.15, 0.2) is 5.76 Å². The van der Waals surface area contributed by atoms with Crippen LogP contribution in [0.25, 0.3) is 0 Å². The van der Waals surface area contributed by atoms with Gasteiger partial charge in [-0.25, -0.2) is 0 Å². The monoisotopic (exact) mass is 362 g/mol. The van der Waals surface area contributed by atoms with Crippen molar-refractivity contribution in [3.8, 4) is 0 Å². The van der Waals surface area contributed by atoms with Gasteiger partial charge in [0, 0.05) is 25.1 Å². The van der Waals surface area contributed by atoms with E-state index in [0.29, 0.717) is 44.3 Å². The normalized spacial score (nSPS) is 31.2. The minimum atomic E-state index is -1.04. The summed E-state index contributed by atoms with van der Waals surface area (Å²) in [5.74, 6) is 0.927. The molecule has 2 aliphatic carbocycles. The Hall–Kier alpha value is -1.40. The van der Waals surface area contributed by atoms with Gasteiger partial charge < -0.3 is 14.7 Å². The van der Waals surface area contributed by atoms with Crippen LogP contribution in [0, 0.1) is 11.3 Å². The number of nitrogens with zero attached hydrogens (tertiary/aromatic N) is 2. The van der Waals surface area contributed by atoms with Gasteiger partial charge in [-0.1, -0.05) is 37.3 Å². The molecule has 1 saturated heterocycles. The molecule has 0 spiro atoms. The molecule has 4 rings (SSSR count). The highest BCUT2D eigenvalue weighted by atomic mass is 16.5. The molecule has 2 heterocycles. The van der Waals surface area contributed by atoms with E-state index in [4.69, 9.17) is 4.52 Å². The average Bonchev–Trinajstić information content (AvgIpc) is 3.33. The number of aliphatic carboxylic acids is 1. The molecule has 6 heteroatoms. The number of carboxylic acids is 1. The first-order valence-corrected chi connectivity index (χ1v) is 10.2. The van der Waals surface area contributed by atoms with Gasteiger partial charge >= 0.3 is 5.97 Å². The molecule has 3 aliphatic rings. The molecule has 2 N–H and O–H groups in total. The molecule has 0 radical (unpaired) electrons. The fourth-order valence-corrected chi connectivity index (χ4v) is 4.85. The van der Waals surface area contributed by atoms with Crippen molar-refractivity contribution in [1.29, 1.82) is 0 Å². The number of piperidine rings is 1. The Morgan fingerprint density at radius 2 is 2.00 bits per heavy atom. The molecule has 26 heavy (non-hydrogen) atoms. The van der Waals surface area contributed by atoms with Crippen molar-refractivity contribution in [3.63, 3.8) is 0 Å². The largest absolute Gasteiger partial charge is 0.481 e. The number of rotatable bonds is 6. The summed E-state index contributed by atoms with van der Waals surface area (Å²) in [6.07, 6.45) is 8.73. The fraction of sp³-hybridized carbons (Fsp3) is 0.800. The van der Waals surface area contributed by atoms with Crippen LogP contribution in [0.3, 0.4) is 0 Å². The van der Waals surface area contributed by atoms with E-state index in [1.807, 2.05) is 0 Å². The van der Waals surface area contributed by atoms with Crippen molar-refractivity contribution in [2.24, 2.45) is 11.3 Å². The zero-order valence-electron chi connectivity index (χ0n) is 15.4. The van der Waals surface area contributed by atoms with Crippen molar-refractivity contribution in [2.45, 2.75) is 76.4 Å². The van der Waals surface area contributed by atoms with Gasteiger partial charge in [-0.3, -0.25) is 9.69 Å². The average molecular weight is 362 g/mol. The summed E-state index contributed by atoms with van der Waals surface area (Å²) in [6.45, 7) is 1.66. The molecule has 0 bridgehead atoms. The van der Waals surface area contributed by atoms with E-state index >= 15 is 0 Å². The fourth-order valence-electron chi connectivity index (χ4n) is 4.85. The minimum Gasteiger partial charge on any atom is -0.481 e. The quantitative estimate of drug-likeness (QED) is 0.808. The predicted octanol–water partition coefficient (Wildman–Crippen LogP) is 3.16. The third-order valence-electron chi connectivity index (χ3n) is 6.62. The van der Waals surface area contributed by atoms with Crippen LogP contribution in [0.2, 0.25) is 0 Å². The van der Waals surface area contributed by atoms with E-state index in [0.717, 1.165) is 24.3 Å². The molecule has 6 nitrogen and oxygen atoms in total. The number of aliphatic hydroxyl groups is 1. The molecular formula is C20H30N2O4. The molecule has 0 amide bonds. The van der Waals surface area contributed by atoms with Crippen molar-refractivity contribution in [2.75, 3.05) is 13.1 Å². The summed E-state index contributed by atoms with van der Waals surface area (Å²) in [7, 11) is 0. The van der Waals surface area contributed by atoms with E-state index in [-0.39, 0.29) is 0 Å². The second kappa shape index (κ2) is 7.31. The highest BCUT2D eigenvalue weighted by Gasteiger charge is 2.51. The van der Waals surface area contributed by atoms with Crippen LogP contribution < -0.4 is 0 Å². The van der Waals surface area contributed by atoms with E-state index in [2.05, 4.69) is 16.1 Å². The van der Waals surface area contributed by atoms with Gasteiger partial charge in [0.2, 0.25) is 0 Å². The molecular weight excluding hydrogens is 332 g/mol. The predicted molar refractivity (Wildman–Crippen MR) is 95.6 cm³/mol. The van der Waals surface area contributed by atoms with Crippen LogP contribution in [0.4, 0.5) is 0 Å². The SMILES string of the molecule is O=C(O)[C@]1(CC2CC2)CN(Cc2cc(C3CCCCC3)no2)CC[C@@H]1O. The third-order valence-corrected chi connectivity index (χ3v) is 6.62. The maximum atomic E-state index is 12.0. The maximum absolute atomic E-state index is 12.0. The van der Waals surface area contributed by atoms with Crippen LogP contribution in [0.15, 0.2) is 10.6 Å². The van der Waals surface area contributed by atoms with Crippen LogP contribution in [-0.4, -0.2) is 45.4 Å². The number of hydrogen-bond donors (Lipinski definition) is 2. The molecule has 1 aliphatic heterocycles. The van der Waals surface area contributed by atoms with Gasteiger partial charge in [0.05, 0.1) is 18.3 Å². The smallest absolute Gasteiger partial charge is 0.313 e. The van der Waals surface area contributed by atoms with Crippen LogP contribution in [0.5, 0.6) is 0 Å². The van der Waals surface area contributed by atoms with Crippen molar-refractivity contribution in [1.82, 2.24) is 10.1 Å². The number of hydrogen-bond acceptors (Lipinski definition) is 5. The zero-order chi connectivity index (χ0) is 18.1. The summed E-state index contributed by atoms with van der Waals surface area (Å²) in [4.78, 5) is 14.2. The van der Waals surface area contributed by atoms with Crippen LogP contribution >= 0.6 is 0 Å². The van der Waals surface area contributed by atoms with Crippen LogP contribution in [-0.2, 0) is 11.3 Å². The van der Waals surface area contributed by atoms with Gasteiger partial charge in [0.1, 0.15) is 5.41 Å². The Morgan fingerprint density at radius 1 is 1.23 bits per heavy atom. The van der Waals surface area contributed by atoms with Gasteiger partial charge in [-0.15, -0.1) is 0 Å². The molecule has 1 aromatic heterocycles. The second-order valence-corrected chi connectivity index (χ2v) is 8.68. The molecule has 0 unspecified atom stereocenters. The van der Waals surface area contributed by atoms with E-state index < -0.39 is 17.5 Å². The molecule has 1 aromatic rings. The summed E-state index contributed by atoms with van der Waals surface area (Å²) < 4.78 is 5.57. The van der Waals surface area contributed by atoms with Crippen molar-refractivity contribution in [3.05, 3.63) is 17.5 Å². The lowest BCUT2D eigenvalue weighted by molar-refractivity contribution is -0.165. The van der Waals surface area contributed by atoms with E-state index in [1.165, 1.54) is 32.1 Å². The number of aromatic nitrogens is 1. The van der Waals surface area contributed by atoms with Crippen LogP contribution in [0.1, 0.15) is 75.2 Å². The number of aliphatic hydroxyl groups excluding tert-OH is 1. The van der Waals surface area contributed by atoms with Gasteiger partial charge in [-0.2, -0.15) is 0 Å². The highest BCUT2D eigenvalue weighted by Crippen LogP contribution is 2.45. The highest BCUT2D eigenvalue weighted by molar-refractivity contribution is 5.76. The minimum absolute atomic E-state index is 0.388. The summed E-state index contributed by atoms with van der Waals surface area (Å²) in [6, 6.07) is 2.06. The van der Waals surface area contributed by atoms with Crippen molar-refractivity contribution < 1.29 is 19.5 Å². The standard InChI is InChI=1S/C20H30N2O4/c23-18-8-9-22(13-20(18,19(24)25)11-14-6-7-14)12-16-10-17(21-26-16)15-4-2-1-3-5-15/h10,14-15,18,23H,1-9,11-13H2,(H,24,25)/t18-,20+/m0/s1. The Morgan fingerprint density at radius 3 is 2.69 bits per heavy atom. The molecule has 2 atom stereocenters. The lowest BCUT2D eigenvalue weighted by Crippen LogP contribution is -2.55. The number of likely N-dealkylation sites (tertiary alicyclic amines) is 1. The third kappa shape index (κ3) is 3.67. The van der Waals surface area contributed by atoms with Crippen molar-refractivity contribution >= 4 is 5.97 Å². The lowest BCUT2D eigenvalue weighted by atomic mass is 9.73. The Labute approximate surface area is 154 Å². The van der Waals surface area contributed by atoms with Gasteiger partial charge in [-0.05, 0) is 31.6 Å². The van der Waals surface area contributed by atoms with E-state index in [1.54, 1.807) is 0 Å². The second-order valence-electron chi connectivity index (χ2n) is 8.68. The first-order chi connectivity index (χ1) is 12.6. The zero-order valence-corrected chi connectivity index (χ0v) is 15.4. The molecule has 0 aromatic carbocycles. The first kappa shape index (κ1) is 18.0. The Bertz CT molecular complexity index is 636. The Kier molecular flexibility index (Phi) is 5.06. The number of carboxylic acid groups (broad SMARTS) is 1. The van der Waals surface area contributed by atoms with Gasteiger partial charge in [0.25, 0.3) is 0 Å².